The molecule has 11 heteroatoms. The van der Waals surface area contributed by atoms with E-state index in [-0.39, 0.29) is 42.8 Å². The summed E-state index contributed by atoms with van der Waals surface area (Å²) < 4.78 is 0. The summed E-state index contributed by atoms with van der Waals surface area (Å²) in [4.78, 5) is 41.7. The van der Waals surface area contributed by atoms with Crippen LogP contribution >= 0.6 is 12.4 Å². The predicted octanol–water partition coefficient (Wildman–Crippen LogP) is 4.27. The molecule has 3 aromatic rings. The van der Waals surface area contributed by atoms with Crippen molar-refractivity contribution < 1.29 is 14.4 Å². The molecule has 0 unspecified atom stereocenters. The van der Waals surface area contributed by atoms with Crippen molar-refractivity contribution in [2.45, 2.75) is 32.0 Å². The Bertz CT molecular complexity index is 1340. The van der Waals surface area contributed by atoms with Crippen molar-refractivity contribution in [2.24, 2.45) is 0 Å². The number of amides is 4. The van der Waals surface area contributed by atoms with Gasteiger partial charge in [0.2, 0.25) is 5.91 Å². The number of hydrogen-bond acceptors (Lipinski definition) is 5. The van der Waals surface area contributed by atoms with Crippen LogP contribution in [0.2, 0.25) is 0 Å². The van der Waals surface area contributed by atoms with E-state index in [0.29, 0.717) is 23.6 Å². The molecule has 4 amide bonds. The standard InChI is InChI=1S/C28H33N7O3.ClH/c1-6-23(36)29-20-14-12-19(13-15-20)26(37)31-25-21-16-35(28(2,3)24(21)32-33-25)27(38)30-22(17-34(4)5)18-10-8-7-9-11-18;/h6-15,22H,1,16-17H2,2-5H3,(H,29,36)(H,30,38)(H2,31,32,33,37);1H/t22-;/m1./s1. The van der Waals surface area contributed by atoms with Gasteiger partial charge in [0, 0.05) is 23.4 Å². The van der Waals surface area contributed by atoms with Gasteiger partial charge < -0.3 is 25.8 Å². The Morgan fingerprint density at radius 3 is 2.38 bits per heavy atom. The first kappa shape index (κ1) is 29.4. The highest BCUT2D eigenvalue weighted by atomic mass is 35.5. The third kappa shape index (κ3) is 6.47. The summed E-state index contributed by atoms with van der Waals surface area (Å²) in [5.41, 5.74) is 2.85. The minimum absolute atomic E-state index is 0. The Hall–Kier alpha value is -4.15. The van der Waals surface area contributed by atoms with Crippen LogP contribution in [-0.2, 0) is 16.9 Å². The topological polar surface area (TPSA) is 122 Å². The van der Waals surface area contributed by atoms with Crippen LogP contribution in [0, 0.1) is 0 Å². The van der Waals surface area contributed by atoms with Gasteiger partial charge in [-0.2, -0.15) is 5.10 Å². The number of aromatic amines is 1. The summed E-state index contributed by atoms with van der Waals surface area (Å²) in [5.74, 6) is -0.302. The van der Waals surface area contributed by atoms with Gasteiger partial charge in [0.15, 0.2) is 5.82 Å². The average molecular weight is 552 g/mol. The smallest absolute Gasteiger partial charge is 0.319 e. The fourth-order valence-electron chi connectivity index (χ4n) is 4.53. The van der Waals surface area contributed by atoms with Crippen LogP contribution in [0.15, 0.2) is 67.3 Å². The molecule has 4 N–H and O–H groups in total. The van der Waals surface area contributed by atoms with Crippen molar-refractivity contribution >= 4 is 41.8 Å². The largest absolute Gasteiger partial charge is 0.330 e. The molecule has 0 bridgehead atoms. The van der Waals surface area contributed by atoms with E-state index in [1.807, 2.05) is 63.2 Å². The molecule has 2 aromatic carbocycles. The molecule has 2 heterocycles. The van der Waals surface area contributed by atoms with Gasteiger partial charge in [-0.3, -0.25) is 14.7 Å². The molecule has 0 spiro atoms. The number of carbonyl (C=O) groups excluding carboxylic acids is 3. The van der Waals surface area contributed by atoms with E-state index < -0.39 is 5.54 Å². The third-order valence-corrected chi connectivity index (χ3v) is 6.59. The third-order valence-electron chi connectivity index (χ3n) is 6.59. The number of H-pyrrole nitrogens is 1. The number of benzene rings is 2. The Balaban J connectivity index is 0.00000420. The summed E-state index contributed by atoms with van der Waals surface area (Å²) in [6.45, 7) is 8.25. The summed E-state index contributed by atoms with van der Waals surface area (Å²) in [7, 11) is 3.94. The highest BCUT2D eigenvalue weighted by molar-refractivity contribution is 6.05. The summed E-state index contributed by atoms with van der Waals surface area (Å²) in [6.07, 6.45) is 1.17. The fourth-order valence-corrected chi connectivity index (χ4v) is 4.53. The molecule has 0 aliphatic carbocycles. The minimum atomic E-state index is -0.667. The van der Waals surface area contributed by atoms with Crippen molar-refractivity contribution in [3.8, 4) is 0 Å². The zero-order valence-electron chi connectivity index (χ0n) is 22.4. The van der Waals surface area contributed by atoms with E-state index in [1.54, 1.807) is 29.2 Å². The number of anilines is 2. The van der Waals surface area contributed by atoms with E-state index in [1.165, 1.54) is 6.08 Å². The molecular weight excluding hydrogens is 518 g/mol. The number of halogens is 1. The number of nitrogens with zero attached hydrogens (tertiary/aromatic N) is 3. The maximum absolute atomic E-state index is 13.5. The van der Waals surface area contributed by atoms with E-state index in [4.69, 9.17) is 0 Å². The number of hydrogen-bond donors (Lipinski definition) is 4. The van der Waals surface area contributed by atoms with Crippen molar-refractivity contribution in [2.75, 3.05) is 31.3 Å². The van der Waals surface area contributed by atoms with Crippen molar-refractivity contribution in [3.05, 3.63) is 89.6 Å². The van der Waals surface area contributed by atoms with E-state index in [0.717, 1.165) is 16.8 Å². The average Bonchev–Trinajstić information content (AvgIpc) is 3.41. The van der Waals surface area contributed by atoms with Crippen LogP contribution in [0.25, 0.3) is 0 Å². The van der Waals surface area contributed by atoms with Crippen molar-refractivity contribution in [1.82, 2.24) is 25.3 Å². The fraction of sp³-hybridized carbons (Fsp3) is 0.286. The molecule has 10 nitrogen and oxygen atoms in total. The second kappa shape index (κ2) is 12.1. The summed E-state index contributed by atoms with van der Waals surface area (Å²) in [5, 5.41) is 16.0. The van der Waals surface area contributed by atoms with Crippen molar-refractivity contribution in [1.29, 1.82) is 0 Å². The Morgan fingerprint density at radius 1 is 1.10 bits per heavy atom. The maximum Gasteiger partial charge on any atom is 0.319 e. The van der Waals surface area contributed by atoms with Gasteiger partial charge in [-0.05, 0) is 63.8 Å². The number of carbonyl (C=O) groups is 3. The van der Waals surface area contributed by atoms with Crippen LogP contribution in [0.5, 0.6) is 0 Å². The van der Waals surface area contributed by atoms with E-state index in [9.17, 15) is 14.4 Å². The lowest BCUT2D eigenvalue weighted by Crippen LogP contribution is -2.48. The van der Waals surface area contributed by atoms with Crippen LogP contribution in [0.3, 0.4) is 0 Å². The van der Waals surface area contributed by atoms with Gasteiger partial charge in [0.05, 0.1) is 23.8 Å². The second-order valence-electron chi connectivity index (χ2n) is 9.97. The Labute approximate surface area is 234 Å². The van der Waals surface area contributed by atoms with E-state index >= 15 is 0 Å². The molecule has 1 atom stereocenters. The van der Waals surface area contributed by atoms with Gasteiger partial charge in [-0.15, -0.1) is 12.4 Å². The Morgan fingerprint density at radius 2 is 1.77 bits per heavy atom. The second-order valence-corrected chi connectivity index (χ2v) is 9.97. The lowest BCUT2D eigenvalue weighted by molar-refractivity contribution is -0.111. The first-order valence-electron chi connectivity index (χ1n) is 12.3. The quantitative estimate of drug-likeness (QED) is 0.311. The highest BCUT2D eigenvalue weighted by Gasteiger charge is 2.44. The molecule has 1 aliphatic rings. The molecule has 4 rings (SSSR count). The molecule has 0 saturated heterocycles. The van der Waals surface area contributed by atoms with Crippen LogP contribution in [-0.4, -0.2) is 58.5 Å². The number of likely N-dealkylation sites (N-methyl/N-ethyl adjacent to an activating group) is 1. The first-order valence-corrected chi connectivity index (χ1v) is 12.3. The number of aromatic nitrogens is 2. The molecule has 0 saturated carbocycles. The molecule has 0 radical (unpaired) electrons. The summed E-state index contributed by atoms with van der Waals surface area (Å²) in [6, 6.07) is 16.0. The molecule has 206 valence electrons. The number of fused-ring (bicyclic) bond motifs is 1. The predicted molar refractivity (Wildman–Crippen MR) is 154 cm³/mol. The maximum atomic E-state index is 13.5. The Kier molecular flexibility index (Phi) is 9.15. The van der Waals surface area contributed by atoms with Gasteiger partial charge in [0.25, 0.3) is 5.91 Å². The van der Waals surface area contributed by atoms with Crippen LogP contribution < -0.4 is 16.0 Å². The van der Waals surface area contributed by atoms with E-state index in [2.05, 4.69) is 32.7 Å². The number of rotatable bonds is 8. The minimum Gasteiger partial charge on any atom is -0.330 e. The van der Waals surface area contributed by atoms with Gasteiger partial charge in [-0.1, -0.05) is 36.9 Å². The van der Waals surface area contributed by atoms with Gasteiger partial charge >= 0.3 is 6.03 Å². The first-order chi connectivity index (χ1) is 18.1. The van der Waals surface area contributed by atoms with Crippen LogP contribution in [0.4, 0.5) is 16.3 Å². The van der Waals surface area contributed by atoms with Crippen molar-refractivity contribution in [3.63, 3.8) is 0 Å². The molecule has 39 heavy (non-hydrogen) atoms. The van der Waals surface area contributed by atoms with Gasteiger partial charge in [-0.25, -0.2) is 4.79 Å². The zero-order chi connectivity index (χ0) is 27.4. The molecule has 0 fully saturated rings. The monoisotopic (exact) mass is 551 g/mol. The SMILES string of the molecule is C=CC(=O)Nc1ccc(C(=O)Nc2n[nH]c3c2CN(C(=O)N[C@H](CN(C)C)c2ccccc2)C3(C)C)cc1.Cl. The molecule has 1 aromatic heterocycles. The van der Waals surface area contributed by atoms with Crippen LogP contribution in [0.1, 0.15) is 47.1 Å². The molecular formula is C28H34ClN7O3. The van der Waals surface area contributed by atoms with Gasteiger partial charge in [0.1, 0.15) is 0 Å². The lowest BCUT2D eigenvalue weighted by atomic mass is 10.0. The number of nitrogens with one attached hydrogen (secondary N) is 4. The zero-order valence-corrected chi connectivity index (χ0v) is 23.3. The normalized spacial score (nSPS) is 14.1. The number of urea groups is 1. The molecule has 1 aliphatic heterocycles. The highest BCUT2D eigenvalue weighted by Crippen LogP contribution is 2.40. The lowest BCUT2D eigenvalue weighted by Gasteiger charge is -2.34. The summed E-state index contributed by atoms with van der Waals surface area (Å²) >= 11 is 0.